The Bertz CT molecular complexity index is 2140. The average Bonchev–Trinajstić information content (AvgIpc) is 3.41. The van der Waals surface area contributed by atoms with Crippen molar-refractivity contribution in [2.45, 2.75) is 19.6 Å². The minimum absolute atomic E-state index is 0.175. The summed E-state index contributed by atoms with van der Waals surface area (Å²) in [6, 6.07) is 32.8. The van der Waals surface area contributed by atoms with E-state index >= 15 is 0 Å². The zero-order chi connectivity index (χ0) is 32.0. The lowest BCUT2D eigenvalue weighted by Gasteiger charge is -2.26. The fraction of sp³-hybridized carbons (Fsp3) is 0.135. The van der Waals surface area contributed by atoms with Crippen LogP contribution >= 0.6 is 11.3 Å². The van der Waals surface area contributed by atoms with Crippen molar-refractivity contribution in [3.63, 3.8) is 0 Å². The van der Waals surface area contributed by atoms with Gasteiger partial charge in [0, 0.05) is 11.1 Å². The summed E-state index contributed by atoms with van der Waals surface area (Å²) in [6.07, 6.45) is 1.81. The van der Waals surface area contributed by atoms with Crippen molar-refractivity contribution in [3.8, 4) is 17.6 Å². The molecule has 8 nitrogen and oxygen atoms in total. The first-order valence-corrected chi connectivity index (χ1v) is 15.5. The normalized spacial score (nSPS) is 14.2. The van der Waals surface area contributed by atoms with Crippen LogP contribution in [-0.4, -0.2) is 24.3 Å². The molecule has 0 bridgehead atoms. The second-order valence-electron chi connectivity index (χ2n) is 10.3. The number of aromatic nitrogens is 1. The molecule has 0 fully saturated rings. The molecule has 0 saturated carbocycles. The number of methoxy groups -OCH3 is 1. The molecule has 5 aromatic rings. The second kappa shape index (κ2) is 13.5. The van der Waals surface area contributed by atoms with E-state index in [2.05, 4.69) is 6.07 Å². The Hall–Kier alpha value is -5.72. The topological polar surface area (TPSA) is 103 Å². The summed E-state index contributed by atoms with van der Waals surface area (Å²) < 4.78 is 18.8. The second-order valence-corrected chi connectivity index (χ2v) is 11.3. The molecule has 1 aliphatic rings. The van der Waals surface area contributed by atoms with Crippen LogP contribution in [0.2, 0.25) is 0 Å². The molecule has 0 radical (unpaired) electrons. The molecule has 46 heavy (non-hydrogen) atoms. The van der Waals surface area contributed by atoms with Gasteiger partial charge in [-0.1, -0.05) is 84.1 Å². The number of carbonyl (C=O) groups is 1. The SMILES string of the molecule is CCOC(=O)C1=C(c2ccccc2)N=c2s/c(=C\c3ccc(OCc4ccccc4C#N)cc3)c(=O)n2[C@H]1c1ccc(OC)cc1. The highest BCUT2D eigenvalue weighted by atomic mass is 32.1. The molecular weight excluding hydrogens is 598 g/mol. The number of rotatable bonds is 9. The van der Waals surface area contributed by atoms with Crippen molar-refractivity contribution in [1.82, 2.24) is 4.57 Å². The Morgan fingerprint density at radius 1 is 0.957 bits per heavy atom. The molecule has 1 atom stereocenters. The van der Waals surface area contributed by atoms with Gasteiger partial charge in [0.05, 0.1) is 47.2 Å². The fourth-order valence-corrected chi connectivity index (χ4v) is 6.27. The van der Waals surface area contributed by atoms with E-state index in [1.165, 1.54) is 11.3 Å². The van der Waals surface area contributed by atoms with Crippen molar-refractivity contribution in [3.05, 3.63) is 156 Å². The van der Waals surface area contributed by atoms with Crippen LogP contribution in [0.15, 0.2) is 118 Å². The summed E-state index contributed by atoms with van der Waals surface area (Å²) in [7, 11) is 1.59. The van der Waals surface area contributed by atoms with Crippen molar-refractivity contribution in [2.24, 2.45) is 4.99 Å². The van der Waals surface area contributed by atoms with Gasteiger partial charge in [-0.05, 0) is 54.5 Å². The van der Waals surface area contributed by atoms with Gasteiger partial charge in [-0.2, -0.15) is 5.26 Å². The van der Waals surface area contributed by atoms with Crippen molar-refractivity contribution in [2.75, 3.05) is 13.7 Å². The standard InChI is InChI=1S/C37H29N3O5S/c1-3-44-36(42)32-33(25-9-5-4-6-10-25)39-37-40(34(32)26-15-19-29(43-2)20-16-26)35(41)31(46-37)21-24-13-17-30(18-14-24)45-23-28-12-8-7-11-27(28)22-38/h4-21,34H,3,23H2,1-2H3/b31-21-/t34-/m0/s1. The van der Waals surface area contributed by atoms with Gasteiger partial charge >= 0.3 is 5.97 Å². The van der Waals surface area contributed by atoms with E-state index in [1.807, 2.05) is 84.9 Å². The van der Waals surface area contributed by atoms with Crippen LogP contribution < -0.4 is 24.4 Å². The van der Waals surface area contributed by atoms with E-state index < -0.39 is 12.0 Å². The summed E-state index contributed by atoms with van der Waals surface area (Å²) in [5.74, 6) is 0.758. The molecule has 4 aromatic carbocycles. The van der Waals surface area contributed by atoms with Crippen LogP contribution in [0.5, 0.6) is 11.5 Å². The summed E-state index contributed by atoms with van der Waals surface area (Å²) in [6.45, 7) is 2.19. The quantitative estimate of drug-likeness (QED) is 0.203. The molecule has 1 aliphatic heterocycles. The third kappa shape index (κ3) is 6.11. The summed E-state index contributed by atoms with van der Waals surface area (Å²) in [5, 5.41) is 9.34. The maximum atomic E-state index is 14.1. The van der Waals surface area contributed by atoms with E-state index in [0.717, 1.165) is 22.3 Å². The smallest absolute Gasteiger partial charge is 0.338 e. The van der Waals surface area contributed by atoms with E-state index in [9.17, 15) is 14.9 Å². The lowest BCUT2D eigenvalue weighted by Crippen LogP contribution is -2.40. The minimum atomic E-state index is -0.773. The van der Waals surface area contributed by atoms with Gasteiger partial charge in [0.1, 0.15) is 18.1 Å². The Kier molecular flexibility index (Phi) is 8.90. The predicted molar refractivity (Wildman–Crippen MR) is 176 cm³/mol. The average molecular weight is 628 g/mol. The highest BCUT2D eigenvalue weighted by Crippen LogP contribution is 2.35. The zero-order valence-electron chi connectivity index (χ0n) is 25.2. The third-order valence-electron chi connectivity index (χ3n) is 7.52. The predicted octanol–water partition coefficient (Wildman–Crippen LogP) is 5.39. The van der Waals surface area contributed by atoms with Crippen molar-refractivity contribution in [1.29, 1.82) is 5.26 Å². The molecule has 2 heterocycles. The number of fused-ring (bicyclic) bond motifs is 1. The van der Waals surface area contributed by atoms with Gasteiger partial charge in [0.2, 0.25) is 0 Å². The highest BCUT2D eigenvalue weighted by molar-refractivity contribution is 7.07. The number of hydrogen-bond acceptors (Lipinski definition) is 8. The number of thiazole rings is 1. The first-order chi connectivity index (χ1) is 22.5. The largest absolute Gasteiger partial charge is 0.497 e. The van der Waals surface area contributed by atoms with Gasteiger partial charge in [0.25, 0.3) is 5.56 Å². The van der Waals surface area contributed by atoms with E-state index in [-0.39, 0.29) is 24.3 Å². The van der Waals surface area contributed by atoms with Crippen LogP contribution in [0, 0.1) is 11.3 Å². The third-order valence-corrected chi connectivity index (χ3v) is 8.50. The van der Waals surface area contributed by atoms with Gasteiger partial charge in [-0.25, -0.2) is 9.79 Å². The first kappa shape index (κ1) is 30.3. The Morgan fingerprint density at radius 2 is 1.65 bits per heavy atom. The summed E-state index contributed by atoms with van der Waals surface area (Å²) in [5.41, 5.74) is 4.12. The Balaban J connectivity index is 1.43. The fourth-order valence-electron chi connectivity index (χ4n) is 5.27. The number of ether oxygens (including phenoxy) is 3. The zero-order valence-corrected chi connectivity index (χ0v) is 26.0. The number of esters is 1. The molecule has 228 valence electrons. The molecule has 0 unspecified atom stereocenters. The van der Waals surface area contributed by atoms with Crippen LogP contribution in [0.4, 0.5) is 0 Å². The maximum absolute atomic E-state index is 14.1. The number of carbonyl (C=O) groups excluding carboxylic acids is 1. The number of nitrogens with zero attached hydrogens (tertiary/aromatic N) is 3. The lowest BCUT2D eigenvalue weighted by atomic mass is 9.93. The van der Waals surface area contributed by atoms with Crippen LogP contribution in [0.1, 0.15) is 40.8 Å². The molecule has 0 aliphatic carbocycles. The Labute approximate surface area is 269 Å². The minimum Gasteiger partial charge on any atom is -0.497 e. The van der Waals surface area contributed by atoms with E-state index in [0.29, 0.717) is 32.1 Å². The van der Waals surface area contributed by atoms with Crippen molar-refractivity contribution >= 4 is 29.1 Å². The molecule has 0 N–H and O–H groups in total. The van der Waals surface area contributed by atoms with E-state index in [4.69, 9.17) is 19.2 Å². The number of nitriles is 1. The lowest BCUT2D eigenvalue weighted by molar-refractivity contribution is -0.138. The van der Waals surface area contributed by atoms with Gasteiger partial charge < -0.3 is 14.2 Å². The maximum Gasteiger partial charge on any atom is 0.338 e. The number of hydrogen-bond donors (Lipinski definition) is 0. The first-order valence-electron chi connectivity index (χ1n) is 14.6. The van der Waals surface area contributed by atoms with Crippen molar-refractivity contribution < 1.29 is 19.0 Å². The van der Waals surface area contributed by atoms with Crippen LogP contribution in [-0.2, 0) is 16.1 Å². The van der Waals surface area contributed by atoms with Gasteiger partial charge in [-0.15, -0.1) is 0 Å². The highest BCUT2D eigenvalue weighted by Gasteiger charge is 2.35. The summed E-state index contributed by atoms with van der Waals surface area (Å²) >= 11 is 1.26. The van der Waals surface area contributed by atoms with Crippen LogP contribution in [0.3, 0.4) is 0 Å². The molecule has 1 aromatic heterocycles. The van der Waals surface area contributed by atoms with Gasteiger partial charge in [-0.3, -0.25) is 9.36 Å². The van der Waals surface area contributed by atoms with Gasteiger partial charge in [0.15, 0.2) is 4.80 Å². The monoisotopic (exact) mass is 627 g/mol. The number of benzene rings is 4. The molecule has 9 heteroatoms. The molecule has 0 saturated heterocycles. The molecular formula is C37H29N3O5S. The molecule has 0 spiro atoms. The van der Waals surface area contributed by atoms with Crippen LogP contribution in [0.25, 0.3) is 11.8 Å². The molecule has 6 rings (SSSR count). The molecule has 0 amide bonds. The van der Waals surface area contributed by atoms with E-state index in [1.54, 1.807) is 42.9 Å². The Morgan fingerprint density at radius 3 is 2.35 bits per heavy atom. The summed E-state index contributed by atoms with van der Waals surface area (Å²) in [4.78, 5) is 33.1.